The van der Waals surface area contributed by atoms with Crippen LogP contribution in [0.4, 0.5) is 15.8 Å². The maximum Gasteiger partial charge on any atom is 0.274 e. The molecule has 0 spiro atoms. The molecule has 0 radical (unpaired) electrons. The van der Waals surface area contributed by atoms with Gasteiger partial charge in [0.2, 0.25) is 0 Å². The highest BCUT2D eigenvalue weighted by Gasteiger charge is 2.14. The minimum absolute atomic E-state index is 0.0646. The fraction of sp³-hybridized carbons (Fsp3) is 0.143. The van der Waals surface area contributed by atoms with E-state index in [1.165, 1.54) is 18.2 Å². The van der Waals surface area contributed by atoms with Crippen LogP contribution in [0.2, 0.25) is 0 Å². The zero-order valence-corrected chi connectivity index (χ0v) is 12.3. The normalized spacial score (nSPS) is 10.3. The van der Waals surface area contributed by atoms with Gasteiger partial charge in [-0.1, -0.05) is 12.1 Å². The molecule has 2 aromatic carbocycles. The second-order valence-corrected chi connectivity index (χ2v) is 5.21. The number of nitrogens with one attached hydrogen (secondary N) is 1. The van der Waals surface area contributed by atoms with E-state index in [2.05, 4.69) is 21.2 Å². The summed E-state index contributed by atoms with van der Waals surface area (Å²) in [5.41, 5.74) is 2.18. The molecule has 0 bridgehead atoms. The van der Waals surface area contributed by atoms with E-state index in [4.69, 9.17) is 0 Å². The largest absolute Gasteiger partial charge is 0.380 e. The highest BCUT2D eigenvalue weighted by molar-refractivity contribution is 9.10. The summed E-state index contributed by atoms with van der Waals surface area (Å²) in [5.74, 6) is -0.291. The lowest BCUT2D eigenvalue weighted by Crippen LogP contribution is -2.02. The molecule has 0 atom stereocenters. The van der Waals surface area contributed by atoms with Gasteiger partial charge in [-0.3, -0.25) is 10.1 Å². The maximum absolute atomic E-state index is 12.8. The Morgan fingerprint density at radius 1 is 1.30 bits per heavy atom. The standard InChI is InChI=1S/C14H12BrFN2O2/c1-9-6-12(15)13(7-14(9)18(19)20)17-8-10-2-4-11(16)5-3-10/h2-7,17H,8H2,1H3. The lowest BCUT2D eigenvalue weighted by molar-refractivity contribution is -0.385. The van der Waals surface area contributed by atoms with Crippen LogP contribution in [0.15, 0.2) is 40.9 Å². The Bertz CT molecular complexity index is 644. The van der Waals surface area contributed by atoms with Crippen molar-refractivity contribution in [1.29, 1.82) is 0 Å². The van der Waals surface area contributed by atoms with Crippen LogP contribution in [0.3, 0.4) is 0 Å². The fourth-order valence-electron chi connectivity index (χ4n) is 1.79. The first-order chi connectivity index (χ1) is 9.47. The Morgan fingerprint density at radius 2 is 1.95 bits per heavy atom. The molecule has 0 aliphatic heterocycles. The Balaban J connectivity index is 2.18. The smallest absolute Gasteiger partial charge is 0.274 e. The third-order valence-corrected chi connectivity index (χ3v) is 3.53. The summed E-state index contributed by atoms with van der Waals surface area (Å²) in [6.45, 7) is 2.14. The predicted molar refractivity (Wildman–Crippen MR) is 79.3 cm³/mol. The molecule has 104 valence electrons. The summed E-state index contributed by atoms with van der Waals surface area (Å²) in [5, 5.41) is 14.0. The summed E-state index contributed by atoms with van der Waals surface area (Å²) >= 11 is 3.37. The van der Waals surface area contributed by atoms with Crippen molar-refractivity contribution in [2.45, 2.75) is 13.5 Å². The summed E-state index contributed by atoms with van der Waals surface area (Å²) in [6, 6.07) is 9.28. The van der Waals surface area contributed by atoms with E-state index in [9.17, 15) is 14.5 Å². The topological polar surface area (TPSA) is 55.2 Å². The van der Waals surface area contributed by atoms with Gasteiger partial charge in [0.15, 0.2) is 0 Å². The van der Waals surface area contributed by atoms with Crippen LogP contribution < -0.4 is 5.32 Å². The molecule has 0 unspecified atom stereocenters. The number of halogens is 2. The van der Waals surface area contributed by atoms with Crippen molar-refractivity contribution in [3.05, 3.63) is 67.9 Å². The summed E-state index contributed by atoms with van der Waals surface area (Å²) in [4.78, 5) is 10.5. The van der Waals surface area contributed by atoms with Gasteiger partial charge in [-0.05, 0) is 46.6 Å². The van der Waals surface area contributed by atoms with Crippen LogP contribution in [0.1, 0.15) is 11.1 Å². The molecule has 0 aliphatic carbocycles. The first-order valence-corrected chi connectivity index (χ1v) is 6.69. The minimum atomic E-state index is -0.412. The minimum Gasteiger partial charge on any atom is -0.380 e. The van der Waals surface area contributed by atoms with Crippen LogP contribution >= 0.6 is 15.9 Å². The molecular formula is C14H12BrFN2O2. The monoisotopic (exact) mass is 338 g/mol. The number of nitro benzene ring substituents is 1. The van der Waals surface area contributed by atoms with Crippen molar-refractivity contribution < 1.29 is 9.31 Å². The van der Waals surface area contributed by atoms with Crippen LogP contribution in [0.25, 0.3) is 0 Å². The summed E-state index contributed by atoms with van der Waals surface area (Å²) in [6.07, 6.45) is 0. The second-order valence-electron chi connectivity index (χ2n) is 4.36. The van der Waals surface area contributed by atoms with Gasteiger partial charge < -0.3 is 5.32 Å². The number of aryl methyl sites for hydroxylation is 1. The molecule has 0 amide bonds. The molecule has 2 aromatic rings. The SMILES string of the molecule is Cc1cc(Br)c(NCc2ccc(F)cc2)cc1[N+](=O)[O-]. The van der Waals surface area contributed by atoms with E-state index in [0.717, 1.165) is 10.0 Å². The van der Waals surface area contributed by atoms with E-state index in [0.29, 0.717) is 17.8 Å². The Labute approximate surface area is 123 Å². The lowest BCUT2D eigenvalue weighted by Gasteiger charge is -2.10. The zero-order chi connectivity index (χ0) is 14.7. The predicted octanol–water partition coefficient (Wildman–Crippen LogP) is 4.42. The number of nitrogens with zero attached hydrogens (tertiary/aromatic N) is 1. The molecule has 0 aliphatic rings. The van der Waals surface area contributed by atoms with Crippen molar-refractivity contribution in [3.8, 4) is 0 Å². The molecule has 4 nitrogen and oxygen atoms in total. The first-order valence-electron chi connectivity index (χ1n) is 5.90. The third kappa shape index (κ3) is 3.33. The van der Waals surface area contributed by atoms with E-state index >= 15 is 0 Å². The van der Waals surface area contributed by atoms with Crippen molar-refractivity contribution in [3.63, 3.8) is 0 Å². The van der Waals surface area contributed by atoms with Crippen LogP contribution in [0.5, 0.6) is 0 Å². The molecule has 1 N–H and O–H groups in total. The zero-order valence-electron chi connectivity index (χ0n) is 10.7. The average Bonchev–Trinajstić information content (AvgIpc) is 2.39. The highest BCUT2D eigenvalue weighted by Crippen LogP contribution is 2.30. The molecule has 2 rings (SSSR count). The molecule has 0 saturated heterocycles. The highest BCUT2D eigenvalue weighted by atomic mass is 79.9. The molecule has 0 aromatic heterocycles. The van der Waals surface area contributed by atoms with Crippen LogP contribution in [0, 0.1) is 22.9 Å². The fourth-order valence-corrected chi connectivity index (χ4v) is 2.39. The van der Waals surface area contributed by atoms with E-state index in [1.54, 1.807) is 25.1 Å². The Hall–Kier alpha value is -1.95. The number of hydrogen-bond acceptors (Lipinski definition) is 3. The van der Waals surface area contributed by atoms with Crippen molar-refractivity contribution in [2.75, 3.05) is 5.32 Å². The maximum atomic E-state index is 12.8. The molecule has 0 saturated carbocycles. The van der Waals surface area contributed by atoms with Gasteiger partial charge in [-0.25, -0.2) is 4.39 Å². The van der Waals surface area contributed by atoms with Crippen LogP contribution in [-0.4, -0.2) is 4.92 Å². The van der Waals surface area contributed by atoms with Gasteiger partial charge >= 0.3 is 0 Å². The molecular weight excluding hydrogens is 327 g/mol. The van der Waals surface area contributed by atoms with Gasteiger partial charge in [0.25, 0.3) is 5.69 Å². The Morgan fingerprint density at radius 3 is 2.55 bits per heavy atom. The summed E-state index contributed by atoms with van der Waals surface area (Å²) < 4.78 is 13.5. The average molecular weight is 339 g/mol. The van der Waals surface area contributed by atoms with Gasteiger partial charge in [0.1, 0.15) is 5.82 Å². The van der Waals surface area contributed by atoms with E-state index < -0.39 is 4.92 Å². The van der Waals surface area contributed by atoms with Crippen molar-refractivity contribution in [2.24, 2.45) is 0 Å². The third-order valence-electron chi connectivity index (χ3n) is 2.88. The van der Waals surface area contributed by atoms with Gasteiger partial charge in [0.05, 0.1) is 10.6 Å². The molecule has 20 heavy (non-hydrogen) atoms. The number of nitro groups is 1. The first kappa shape index (κ1) is 14.5. The van der Waals surface area contributed by atoms with Crippen molar-refractivity contribution in [1.82, 2.24) is 0 Å². The quantitative estimate of drug-likeness (QED) is 0.663. The molecule has 6 heteroatoms. The number of benzene rings is 2. The summed E-state index contributed by atoms with van der Waals surface area (Å²) in [7, 11) is 0. The van der Waals surface area contributed by atoms with Gasteiger partial charge in [0, 0.05) is 22.6 Å². The van der Waals surface area contributed by atoms with Gasteiger partial charge in [-0.2, -0.15) is 0 Å². The Kier molecular flexibility index (Phi) is 4.34. The number of rotatable bonds is 4. The van der Waals surface area contributed by atoms with Crippen LogP contribution in [-0.2, 0) is 6.54 Å². The number of hydrogen-bond donors (Lipinski definition) is 1. The van der Waals surface area contributed by atoms with E-state index in [-0.39, 0.29) is 11.5 Å². The second kappa shape index (κ2) is 6.00. The van der Waals surface area contributed by atoms with E-state index in [1.807, 2.05) is 0 Å². The lowest BCUT2D eigenvalue weighted by atomic mass is 10.1. The number of anilines is 1. The molecule has 0 heterocycles. The molecule has 0 fully saturated rings. The van der Waals surface area contributed by atoms with Crippen molar-refractivity contribution >= 4 is 27.3 Å². The van der Waals surface area contributed by atoms with Gasteiger partial charge in [-0.15, -0.1) is 0 Å².